The third-order valence-electron chi connectivity index (χ3n) is 5.30. The third-order valence-corrected chi connectivity index (χ3v) is 5.30. The van der Waals surface area contributed by atoms with Crippen molar-refractivity contribution < 1.29 is 14.6 Å². The number of rotatable bonds is 2. The summed E-state index contributed by atoms with van der Waals surface area (Å²) in [5.74, 6) is -0.234. The molecule has 114 valence electrons. The van der Waals surface area contributed by atoms with Gasteiger partial charge in [0.2, 0.25) is 0 Å². The smallest absolute Gasteiger partial charge is 0.310 e. The van der Waals surface area contributed by atoms with Crippen LogP contribution < -0.4 is 0 Å². The number of hydrogen-bond donors (Lipinski definition) is 1. The number of methoxy groups -OCH3 is 1. The first-order chi connectivity index (χ1) is 10.0. The molecule has 0 aromatic heterocycles. The van der Waals surface area contributed by atoms with E-state index in [9.17, 15) is 9.90 Å². The molecule has 1 N–H and O–H groups in total. The lowest BCUT2D eigenvalue weighted by Gasteiger charge is -2.41. The maximum absolute atomic E-state index is 12.3. The van der Waals surface area contributed by atoms with Gasteiger partial charge in [0.05, 0.1) is 19.1 Å². The second kappa shape index (κ2) is 5.43. The summed E-state index contributed by atoms with van der Waals surface area (Å²) in [4.78, 5) is 14.5. The van der Waals surface area contributed by atoms with Crippen molar-refractivity contribution in [3.8, 4) is 0 Å². The van der Waals surface area contributed by atoms with Gasteiger partial charge in [0.25, 0.3) is 0 Å². The number of carbonyl (C=O) groups excluding carboxylic acids is 1. The standard InChI is InChI=1S/C17H23NO3/c1-10-4-6-11(7-5-10)12-8-13-15(19)9-14(18(13)2)16(12)17(20)21-3/h4-7,12-16,19H,8-9H2,1-3H3/t12-,13?,14?,15+,16-/m1/s1. The number of aryl methyl sites for hydroxylation is 1. The van der Waals surface area contributed by atoms with Crippen molar-refractivity contribution in [3.63, 3.8) is 0 Å². The lowest BCUT2D eigenvalue weighted by molar-refractivity contribution is -0.150. The molecule has 1 aromatic carbocycles. The van der Waals surface area contributed by atoms with Gasteiger partial charge in [0.15, 0.2) is 0 Å². The van der Waals surface area contributed by atoms with Gasteiger partial charge in [-0.1, -0.05) is 29.8 Å². The van der Waals surface area contributed by atoms with Crippen molar-refractivity contribution >= 4 is 5.97 Å². The first-order valence-corrected chi connectivity index (χ1v) is 7.57. The van der Waals surface area contributed by atoms with Gasteiger partial charge in [0.1, 0.15) is 0 Å². The summed E-state index contributed by atoms with van der Waals surface area (Å²) >= 11 is 0. The van der Waals surface area contributed by atoms with Gasteiger partial charge in [-0.2, -0.15) is 0 Å². The minimum absolute atomic E-state index is 0.0671. The van der Waals surface area contributed by atoms with Gasteiger partial charge in [-0.05, 0) is 32.4 Å². The van der Waals surface area contributed by atoms with E-state index >= 15 is 0 Å². The molecule has 2 aliphatic rings. The first kappa shape index (κ1) is 14.5. The molecule has 5 atom stereocenters. The van der Waals surface area contributed by atoms with Gasteiger partial charge in [0, 0.05) is 18.0 Å². The first-order valence-electron chi connectivity index (χ1n) is 7.57. The molecule has 2 bridgehead atoms. The largest absolute Gasteiger partial charge is 0.469 e. The Morgan fingerprint density at radius 1 is 1.24 bits per heavy atom. The zero-order valence-corrected chi connectivity index (χ0v) is 12.8. The molecule has 0 aliphatic carbocycles. The number of piperidine rings is 1. The van der Waals surface area contributed by atoms with E-state index in [1.165, 1.54) is 18.2 Å². The summed E-state index contributed by atoms with van der Waals surface area (Å²) in [5, 5.41) is 10.3. The van der Waals surface area contributed by atoms with Crippen LogP contribution >= 0.6 is 0 Å². The number of aliphatic hydroxyl groups excluding tert-OH is 1. The highest BCUT2D eigenvalue weighted by molar-refractivity contribution is 5.75. The lowest BCUT2D eigenvalue weighted by Crippen LogP contribution is -2.49. The van der Waals surface area contributed by atoms with Crippen LogP contribution in [0, 0.1) is 12.8 Å². The normalized spacial score (nSPS) is 35.7. The van der Waals surface area contributed by atoms with Crippen molar-refractivity contribution in [2.75, 3.05) is 14.2 Å². The number of likely N-dealkylation sites (N-methyl/N-ethyl adjacent to an activating group) is 1. The molecular formula is C17H23NO3. The van der Waals surface area contributed by atoms with Crippen LogP contribution in [0.25, 0.3) is 0 Å². The molecule has 3 rings (SSSR count). The molecule has 0 radical (unpaired) electrons. The number of esters is 1. The molecule has 0 saturated carbocycles. The second-order valence-corrected chi connectivity index (χ2v) is 6.41. The predicted octanol–water partition coefficient (Wildman–Crippen LogP) is 1.71. The van der Waals surface area contributed by atoms with Crippen LogP contribution in [0.4, 0.5) is 0 Å². The highest BCUT2D eigenvalue weighted by Gasteiger charge is 2.53. The van der Waals surface area contributed by atoms with Gasteiger partial charge in [-0.15, -0.1) is 0 Å². The van der Waals surface area contributed by atoms with Crippen molar-refractivity contribution in [2.24, 2.45) is 5.92 Å². The number of fused-ring (bicyclic) bond motifs is 2. The second-order valence-electron chi connectivity index (χ2n) is 6.41. The van der Waals surface area contributed by atoms with Gasteiger partial charge in [-0.3, -0.25) is 9.69 Å². The van der Waals surface area contributed by atoms with Crippen molar-refractivity contribution in [3.05, 3.63) is 35.4 Å². The van der Waals surface area contributed by atoms with E-state index in [2.05, 4.69) is 36.1 Å². The van der Waals surface area contributed by atoms with Crippen LogP contribution in [-0.4, -0.2) is 48.3 Å². The average Bonchev–Trinajstić information content (AvgIpc) is 2.66. The number of ether oxygens (including phenoxy) is 1. The van der Waals surface area contributed by atoms with Crippen LogP contribution in [0.15, 0.2) is 24.3 Å². The van der Waals surface area contributed by atoms with Gasteiger partial charge in [-0.25, -0.2) is 0 Å². The third kappa shape index (κ3) is 2.36. The molecule has 2 unspecified atom stereocenters. The van der Waals surface area contributed by atoms with Crippen molar-refractivity contribution in [1.29, 1.82) is 0 Å². The molecule has 2 heterocycles. The van der Waals surface area contributed by atoms with E-state index < -0.39 is 0 Å². The highest BCUT2D eigenvalue weighted by Crippen LogP contribution is 2.46. The molecule has 4 heteroatoms. The Balaban J connectivity index is 1.97. The Hall–Kier alpha value is -1.39. The summed E-state index contributed by atoms with van der Waals surface area (Å²) in [6, 6.07) is 8.58. The molecule has 21 heavy (non-hydrogen) atoms. The van der Waals surface area contributed by atoms with E-state index in [4.69, 9.17) is 4.74 Å². The summed E-state index contributed by atoms with van der Waals surface area (Å²) < 4.78 is 5.05. The molecule has 2 saturated heterocycles. The average molecular weight is 289 g/mol. The van der Waals surface area contributed by atoms with Crippen LogP contribution in [0.3, 0.4) is 0 Å². The minimum atomic E-state index is -0.345. The summed E-state index contributed by atoms with van der Waals surface area (Å²) in [6.07, 6.45) is 1.11. The topological polar surface area (TPSA) is 49.8 Å². The fourth-order valence-electron chi connectivity index (χ4n) is 4.10. The fraction of sp³-hybridized carbons (Fsp3) is 0.588. The summed E-state index contributed by atoms with van der Waals surface area (Å²) in [7, 11) is 3.46. The highest BCUT2D eigenvalue weighted by atomic mass is 16.5. The van der Waals surface area contributed by atoms with E-state index in [0.29, 0.717) is 6.42 Å². The fourth-order valence-corrected chi connectivity index (χ4v) is 4.10. The SMILES string of the molecule is COC(=O)[C@H]1C2C[C@H](O)C(C[C@@H]1c1ccc(C)cc1)N2C. The number of benzene rings is 1. The van der Waals surface area contributed by atoms with Crippen molar-refractivity contribution in [2.45, 2.75) is 43.9 Å². The number of aliphatic hydroxyl groups is 1. The van der Waals surface area contributed by atoms with Crippen LogP contribution in [0.5, 0.6) is 0 Å². The van der Waals surface area contributed by atoms with E-state index in [-0.39, 0.29) is 36.0 Å². The van der Waals surface area contributed by atoms with Crippen molar-refractivity contribution in [1.82, 2.24) is 4.90 Å². The van der Waals surface area contributed by atoms with E-state index in [1.54, 1.807) is 0 Å². The Kier molecular flexibility index (Phi) is 3.76. The molecular weight excluding hydrogens is 266 g/mol. The van der Waals surface area contributed by atoms with Crippen LogP contribution in [0.2, 0.25) is 0 Å². The van der Waals surface area contributed by atoms with Crippen LogP contribution in [0.1, 0.15) is 29.9 Å². The summed E-state index contributed by atoms with van der Waals surface area (Å²) in [6.45, 7) is 2.06. The Labute approximate surface area is 125 Å². The quantitative estimate of drug-likeness (QED) is 0.842. The molecule has 0 amide bonds. The predicted molar refractivity (Wildman–Crippen MR) is 80.0 cm³/mol. The zero-order valence-electron chi connectivity index (χ0n) is 12.8. The summed E-state index contributed by atoms with van der Waals surface area (Å²) in [5.41, 5.74) is 2.39. The molecule has 0 spiro atoms. The monoisotopic (exact) mass is 289 g/mol. The van der Waals surface area contributed by atoms with Gasteiger partial charge >= 0.3 is 5.97 Å². The maximum Gasteiger partial charge on any atom is 0.310 e. The van der Waals surface area contributed by atoms with E-state index in [0.717, 1.165) is 6.42 Å². The molecule has 2 aliphatic heterocycles. The molecule has 4 nitrogen and oxygen atoms in total. The van der Waals surface area contributed by atoms with Gasteiger partial charge < -0.3 is 9.84 Å². The molecule has 2 fully saturated rings. The molecule has 1 aromatic rings. The Bertz CT molecular complexity index is 527. The minimum Gasteiger partial charge on any atom is -0.469 e. The number of hydrogen-bond acceptors (Lipinski definition) is 4. The maximum atomic E-state index is 12.3. The number of carbonyl (C=O) groups is 1. The zero-order chi connectivity index (χ0) is 15.1. The Morgan fingerprint density at radius 2 is 1.90 bits per heavy atom. The van der Waals surface area contributed by atoms with Crippen LogP contribution in [-0.2, 0) is 9.53 Å². The van der Waals surface area contributed by atoms with E-state index in [1.807, 2.05) is 7.05 Å². The lowest BCUT2D eigenvalue weighted by atomic mass is 9.76. The Morgan fingerprint density at radius 3 is 2.52 bits per heavy atom. The number of nitrogens with zero attached hydrogens (tertiary/aromatic N) is 1.